The first-order chi connectivity index (χ1) is 8.68. The minimum Gasteiger partial charge on any atom is -0.329 e. The van der Waals surface area contributed by atoms with Gasteiger partial charge in [0.05, 0.1) is 4.90 Å². The number of aromatic nitrogens is 2. The van der Waals surface area contributed by atoms with Gasteiger partial charge < -0.3 is 4.52 Å². The SMILES string of the molecule is CS(=O)(=O)c1cccc(-c2noc(C(F)(F)F)n2)c1. The van der Waals surface area contributed by atoms with Crippen LogP contribution in [0, 0.1) is 0 Å². The lowest BCUT2D eigenvalue weighted by Crippen LogP contribution is -2.04. The molecule has 19 heavy (non-hydrogen) atoms. The van der Waals surface area contributed by atoms with Gasteiger partial charge in [0.2, 0.25) is 5.82 Å². The Labute approximate surface area is 106 Å². The Hall–Kier alpha value is -1.90. The van der Waals surface area contributed by atoms with Crippen LogP contribution >= 0.6 is 0 Å². The standard InChI is InChI=1S/C10H7F3N2O3S/c1-19(16,17)7-4-2-3-6(5-7)8-14-9(18-15-8)10(11,12)13/h2-5H,1H3. The number of halogens is 3. The van der Waals surface area contributed by atoms with E-state index in [2.05, 4.69) is 14.7 Å². The Morgan fingerprint density at radius 3 is 2.47 bits per heavy atom. The van der Waals surface area contributed by atoms with Crippen molar-refractivity contribution in [2.75, 3.05) is 6.26 Å². The van der Waals surface area contributed by atoms with Crippen molar-refractivity contribution >= 4 is 9.84 Å². The van der Waals surface area contributed by atoms with E-state index in [0.29, 0.717) is 0 Å². The number of sulfone groups is 1. The normalized spacial score (nSPS) is 12.6. The predicted molar refractivity (Wildman–Crippen MR) is 57.8 cm³/mol. The van der Waals surface area contributed by atoms with Gasteiger partial charge in [-0.1, -0.05) is 17.3 Å². The van der Waals surface area contributed by atoms with Crippen molar-refractivity contribution in [3.63, 3.8) is 0 Å². The van der Waals surface area contributed by atoms with Crippen LogP contribution in [-0.2, 0) is 16.0 Å². The minimum atomic E-state index is -4.74. The molecule has 0 spiro atoms. The molecule has 0 aliphatic heterocycles. The third-order valence-electron chi connectivity index (χ3n) is 2.19. The van der Waals surface area contributed by atoms with Gasteiger partial charge in [0, 0.05) is 11.8 Å². The summed E-state index contributed by atoms with van der Waals surface area (Å²) < 4.78 is 63.6. The van der Waals surface area contributed by atoms with Crippen molar-refractivity contribution in [1.29, 1.82) is 0 Å². The first kappa shape index (κ1) is 13.5. The van der Waals surface area contributed by atoms with Gasteiger partial charge in [-0.15, -0.1) is 0 Å². The topological polar surface area (TPSA) is 73.1 Å². The van der Waals surface area contributed by atoms with Crippen LogP contribution in [-0.4, -0.2) is 24.8 Å². The van der Waals surface area contributed by atoms with Crippen LogP contribution in [0.5, 0.6) is 0 Å². The zero-order chi connectivity index (χ0) is 14.3. The Kier molecular flexibility index (Phi) is 3.09. The lowest BCUT2D eigenvalue weighted by atomic mass is 10.2. The van der Waals surface area contributed by atoms with Crippen LogP contribution in [0.25, 0.3) is 11.4 Å². The van der Waals surface area contributed by atoms with E-state index >= 15 is 0 Å². The molecule has 0 amide bonds. The van der Waals surface area contributed by atoms with Crippen molar-refractivity contribution in [3.8, 4) is 11.4 Å². The molecule has 0 saturated carbocycles. The van der Waals surface area contributed by atoms with Crippen molar-refractivity contribution in [1.82, 2.24) is 10.1 Å². The third kappa shape index (κ3) is 2.92. The van der Waals surface area contributed by atoms with Gasteiger partial charge in [0.1, 0.15) is 0 Å². The van der Waals surface area contributed by atoms with Crippen LogP contribution in [0.15, 0.2) is 33.7 Å². The van der Waals surface area contributed by atoms with Crippen LogP contribution in [0.2, 0.25) is 0 Å². The highest BCUT2D eigenvalue weighted by molar-refractivity contribution is 7.90. The molecule has 102 valence electrons. The van der Waals surface area contributed by atoms with E-state index in [-0.39, 0.29) is 16.3 Å². The van der Waals surface area contributed by atoms with Crippen molar-refractivity contribution < 1.29 is 26.1 Å². The highest BCUT2D eigenvalue weighted by Gasteiger charge is 2.38. The van der Waals surface area contributed by atoms with Gasteiger partial charge in [-0.25, -0.2) is 8.42 Å². The molecule has 0 bridgehead atoms. The van der Waals surface area contributed by atoms with Gasteiger partial charge in [0.15, 0.2) is 9.84 Å². The fourth-order valence-corrected chi connectivity index (χ4v) is 1.99. The lowest BCUT2D eigenvalue weighted by Gasteiger charge is -1.99. The molecular formula is C10H7F3N2O3S. The average Bonchev–Trinajstić information content (AvgIpc) is 2.77. The van der Waals surface area contributed by atoms with Crippen LogP contribution in [0.1, 0.15) is 5.89 Å². The summed E-state index contributed by atoms with van der Waals surface area (Å²) in [5.41, 5.74) is 0.127. The van der Waals surface area contributed by atoms with E-state index < -0.39 is 21.9 Å². The van der Waals surface area contributed by atoms with Crippen molar-refractivity contribution in [2.24, 2.45) is 0 Å². The molecule has 1 heterocycles. The molecule has 9 heteroatoms. The predicted octanol–water partition coefficient (Wildman–Crippen LogP) is 2.16. The second kappa shape index (κ2) is 4.34. The molecule has 0 atom stereocenters. The Morgan fingerprint density at radius 2 is 1.95 bits per heavy atom. The van der Waals surface area contributed by atoms with E-state index in [9.17, 15) is 21.6 Å². The molecule has 1 aromatic heterocycles. The summed E-state index contributed by atoms with van der Waals surface area (Å²) in [5.74, 6) is -1.80. The first-order valence-corrected chi connectivity index (χ1v) is 6.78. The summed E-state index contributed by atoms with van der Waals surface area (Å²) in [6.45, 7) is 0. The molecule has 0 N–H and O–H groups in total. The zero-order valence-electron chi connectivity index (χ0n) is 9.47. The number of hydrogen-bond acceptors (Lipinski definition) is 5. The Morgan fingerprint density at radius 1 is 1.26 bits per heavy atom. The fraction of sp³-hybridized carbons (Fsp3) is 0.200. The van der Waals surface area contributed by atoms with Crippen LogP contribution < -0.4 is 0 Å². The molecule has 0 unspecified atom stereocenters. The molecule has 0 saturated heterocycles. The second-order valence-electron chi connectivity index (χ2n) is 3.72. The molecule has 0 fully saturated rings. The zero-order valence-corrected chi connectivity index (χ0v) is 10.3. The maximum absolute atomic E-state index is 12.3. The molecule has 2 aromatic rings. The minimum absolute atomic E-state index is 0.0386. The number of nitrogens with zero attached hydrogens (tertiary/aromatic N) is 2. The van der Waals surface area contributed by atoms with Crippen LogP contribution in [0.3, 0.4) is 0 Å². The van der Waals surface area contributed by atoms with Gasteiger partial charge in [-0.3, -0.25) is 0 Å². The molecule has 5 nitrogen and oxygen atoms in total. The molecular weight excluding hydrogens is 285 g/mol. The Balaban J connectivity index is 2.46. The lowest BCUT2D eigenvalue weighted by molar-refractivity contribution is -0.159. The summed E-state index contributed by atoms with van der Waals surface area (Å²) in [6, 6.07) is 5.28. The van der Waals surface area contributed by atoms with Crippen molar-refractivity contribution in [3.05, 3.63) is 30.2 Å². The maximum atomic E-state index is 12.3. The highest BCUT2D eigenvalue weighted by atomic mass is 32.2. The number of alkyl halides is 3. The average molecular weight is 292 g/mol. The third-order valence-corrected chi connectivity index (χ3v) is 3.30. The quantitative estimate of drug-likeness (QED) is 0.848. The summed E-state index contributed by atoms with van der Waals surface area (Å²) in [7, 11) is -3.46. The number of benzene rings is 1. The fourth-order valence-electron chi connectivity index (χ4n) is 1.32. The first-order valence-electron chi connectivity index (χ1n) is 4.89. The molecule has 1 aromatic carbocycles. The maximum Gasteiger partial charge on any atom is 0.471 e. The van der Waals surface area contributed by atoms with E-state index in [0.717, 1.165) is 6.26 Å². The highest BCUT2D eigenvalue weighted by Crippen LogP contribution is 2.29. The Bertz CT molecular complexity index is 707. The van der Waals surface area contributed by atoms with E-state index in [1.165, 1.54) is 24.3 Å². The summed E-state index contributed by atoms with van der Waals surface area (Å²) in [4.78, 5) is 3.14. The molecule has 2 rings (SSSR count). The summed E-state index contributed by atoms with van der Waals surface area (Å²) in [5, 5.41) is 3.18. The summed E-state index contributed by atoms with van der Waals surface area (Å²) >= 11 is 0. The summed E-state index contributed by atoms with van der Waals surface area (Å²) in [6.07, 6.45) is -3.75. The van der Waals surface area contributed by atoms with E-state index in [1.807, 2.05) is 0 Å². The van der Waals surface area contributed by atoms with Crippen molar-refractivity contribution in [2.45, 2.75) is 11.1 Å². The molecule has 0 radical (unpaired) electrons. The van der Waals surface area contributed by atoms with Gasteiger partial charge >= 0.3 is 12.1 Å². The van der Waals surface area contributed by atoms with E-state index in [1.54, 1.807) is 0 Å². The smallest absolute Gasteiger partial charge is 0.329 e. The van der Waals surface area contributed by atoms with Crippen LogP contribution in [0.4, 0.5) is 13.2 Å². The molecule has 0 aliphatic carbocycles. The van der Waals surface area contributed by atoms with Gasteiger partial charge in [-0.05, 0) is 12.1 Å². The largest absolute Gasteiger partial charge is 0.471 e. The second-order valence-corrected chi connectivity index (χ2v) is 5.74. The molecule has 0 aliphatic rings. The van der Waals surface area contributed by atoms with Gasteiger partial charge in [0.25, 0.3) is 0 Å². The number of rotatable bonds is 2. The number of hydrogen-bond donors (Lipinski definition) is 0. The van der Waals surface area contributed by atoms with Gasteiger partial charge in [-0.2, -0.15) is 18.2 Å². The monoisotopic (exact) mass is 292 g/mol. The van der Waals surface area contributed by atoms with E-state index in [4.69, 9.17) is 0 Å².